The van der Waals surface area contributed by atoms with E-state index >= 15 is 0 Å². The van der Waals surface area contributed by atoms with Crippen molar-refractivity contribution in [2.45, 2.75) is 39.2 Å². The Balaban J connectivity index is 2.24. The van der Waals surface area contributed by atoms with E-state index in [9.17, 15) is 0 Å². The van der Waals surface area contributed by atoms with Crippen LogP contribution in [0, 0.1) is 6.92 Å². The molecule has 0 radical (unpaired) electrons. The molecule has 2 N–H and O–H groups in total. The molecule has 2 aromatic rings. The van der Waals surface area contributed by atoms with Crippen LogP contribution >= 0.6 is 0 Å². The second-order valence-corrected chi connectivity index (χ2v) is 5.80. The molecule has 0 amide bonds. The minimum atomic E-state index is -0.187. The van der Waals surface area contributed by atoms with Gasteiger partial charge in [-0.1, -0.05) is 45.0 Å². The summed E-state index contributed by atoms with van der Waals surface area (Å²) >= 11 is 0. The van der Waals surface area contributed by atoms with Crippen molar-refractivity contribution >= 4 is 0 Å². The van der Waals surface area contributed by atoms with Crippen LogP contribution < -0.4 is 5.73 Å². The smallest absolute Gasteiger partial charge is 0.125 e. The van der Waals surface area contributed by atoms with Gasteiger partial charge in [0.2, 0.25) is 0 Å². The molecule has 1 heterocycles. The maximum absolute atomic E-state index is 6.20. The zero-order valence-corrected chi connectivity index (χ0v) is 11.5. The first-order chi connectivity index (χ1) is 8.38. The fraction of sp³-hybridized carbons (Fsp3) is 0.375. The molecule has 96 valence electrons. The number of hydrogen-bond donors (Lipinski definition) is 1. The van der Waals surface area contributed by atoms with Crippen LogP contribution in [-0.2, 0) is 5.41 Å². The van der Waals surface area contributed by atoms with Crippen LogP contribution in [0.3, 0.4) is 0 Å². The van der Waals surface area contributed by atoms with Gasteiger partial charge in [0.15, 0.2) is 0 Å². The van der Waals surface area contributed by atoms with Gasteiger partial charge in [-0.05, 0) is 35.6 Å². The molecule has 0 aliphatic heterocycles. The highest BCUT2D eigenvalue weighted by molar-refractivity contribution is 5.32. The molecule has 0 spiro atoms. The Morgan fingerprint density at radius 3 is 2.06 bits per heavy atom. The van der Waals surface area contributed by atoms with E-state index < -0.39 is 0 Å². The minimum absolute atomic E-state index is 0.171. The summed E-state index contributed by atoms with van der Waals surface area (Å²) in [4.78, 5) is 0. The average molecular weight is 243 g/mol. The van der Waals surface area contributed by atoms with Gasteiger partial charge in [-0.25, -0.2) is 0 Å². The second-order valence-electron chi connectivity index (χ2n) is 5.80. The first-order valence-electron chi connectivity index (χ1n) is 6.30. The number of rotatable bonds is 2. The van der Waals surface area contributed by atoms with Gasteiger partial charge in [0.05, 0.1) is 6.04 Å². The monoisotopic (exact) mass is 243 g/mol. The van der Waals surface area contributed by atoms with E-state index in [4.69, 9.17) is 10.2 Å². The summed E-state index contributed by atoms with van der Waals surface area (Å²) in [6.45, 7) is 8.55. The van der Waals surface area contributed by atoms with E-state index in [1.807, 2.05) is 19.1 Å². The summed E-state index contributed by atoms with van der Waals surface area (Å²) in [7, 11) is 0. The fourth-order valence-corrected chi connectivity index (χ4v) is 1.98. The lowest BCUT2D eigenvalue weighted by atomic mass is 9.86. The lowest BCUT2D eigenvalue weighted by Gasteiger charge is -2.20. The fourth-order valence-electron chi connectivity index (χ4n) is 1.98. The molecule has 0 saturated carbocycles. The number of benzene rings is 1. The average Bonchev–Trinajstić information content (AvgIpc) is 2.74. The maximum atomic E-state index is 6.20. The van der Waals surface area contributed by atoms with Crippen LogP contribution in [0.2, 0.25) is 0 Å². The van der Waals surface area contributed by atoms with Crippen molar-refractivity contribution in [3.8, 4) is 0 Å². The van der Waals surface area contributed by atoms with Crippen molar-refractivity contribution in [1.29, 1.82) is 0 Å². The van der Waals surface area contributed by atoms with E-state index in [2.05, 4.69) is 45.0 Å². The molecule has 1 unspecified atom stereocenters. The summed E-state index contributed by atoms with van der Waals surface area (Å²) in [5.41, 5.74) is 8.76. The highest BCUT2D eigenvalue weighted by Gasteiger charge is 2.16. The molecule has 2 rings (SSSR count). The third-order valence-corrected chi connectivity index (χ3v) is 3.20. The quantitative estimate of drug-likeness (QED) is 0.868. The van der Waals surface area contributed by atoms with Crippen molar-refractivity contribution < 1.29 is 4.42 Å². The van der Waals surface area contributed by atoms with Gasteiger partial charge in [-0.3, -0.25) is 0 Å². The van der Waals surface area contributed by atoms with E-state index in [0.717, 1.165) is 17.1 Å². The predicted octanol–water partition coefficient (Wildman–Crippen LogP) is 3.93. The van der Waals surface area contributed by atoms with E-state index in [0.29, 0.717) is 0 Å². The number of nitrogens with two attached hydrogens (primary N) is 1. The molecule has 1 aromatic heterocycles. The van der Waals surface area contributed by atoms with Gasteiger partial charge >= 0.3 is 0 Å². The third kappa shape index (κ3) is 2.65. The van der Waals surface area contributed by atoms with Crippen molar-refractivity contribution in [2.24, 2.45) is 5.73 Å². The van der Waals surface area contributed by atoms with Crippen molar-refractivity contribution in [3.05, 3.63) is 59.0 Å². The van der Waals surface area contributed by atoms with Crippen LogP contribution in [0.15, 0.2) is 40.8 Å². The zero-order chi connectivity index (χ0) is 13.3. The first kappa shape index (κ1) is 12.9. The molecule has 2 heteroatoms. The van der Waals surface area contributed by atoms with Crippen LogP contribution in [-0.4, -0.2) is 0 Å². The van der Waals surface area contributed by atoms with Gasteiger partial charge in [-0.15, -0.1) is 0 Å². The van der Waals surface area contributed by atoms with Gasteiger partial charge in [0.1, 0.15) is 11.5 Å². The molecule has 0 aliphatic carbocycles. The van der Waals surface area contributed by atoms with E-state index in [-0.39, 0.29) is 11.5 Å². The Kier molecular flexibility index (Phi) is 3.31. The summed E-state index contributed by atoms with van der Waals surface area (Å²) in [6, 6.07) is 12.2. The van der Waals surface area contributed by atoms with Gasteiger partial charge in [-0.2, -0.15) is 0 Å². The summed E-state index contributed by atoms with van der Waals surface area (Å²) in [5.74, 6) is 1.71. The molecule has 0 bridgehead atoms. The molecule has 2 nitrogen and oxygen atoms in total. The minimum Gasteiger partial charge on any atom is -0.464 e. The van der Waals surface area contributed by atoms with Crippen molar-refractivity contribution in [2.75, 3.05) is 0 Å². The molecule has 0 saturated heterocycles. The number of hydrogen-bond acceptors (Lipinski definition) is 2. The second kappa shape index (κ2) is 4.62. The van der Waals surface area contributed by atoms with Crippen LogP contribution in [0.25, 0.3) is 0 Å². The topological polar surface area (TPSA) is 39.2 Å². The van der Waals surface area contributed by atoms with Crippen molar-refractivity contribution in [1.82, 2.24) is 0 Å². The van der Waals surface area contributed by atoms with Gasteiger partial charge in [0.25, 0.3) is 0 Å². The molecular weight excluding hydrogens is 222 g/mol. The standard InChI is InChI=1S/C16H21NO/c1-11-5-10-14(18-11)15(17)12-6-8-13(9-7-12)16(2,3)4/h5-10,15H,17H2,1-4H3. The Labute approximate surface area is 109 Å². The largest absolute Gasteiger partial charge is 0.464 e. The zero-order valence-electron chi connectivity index (χ0n) is 11.5. The molecule has 0 aliphatic rings. The molecule has 18 heavy (non-hydrogen) atoms. The Hall–Kier alpha value is -1.54. The third-order valence-electron chi connectivity index (χ3n) is 3.20. The summed E-state index contributed by atoms with van der Waals surface area (Å²) in [5, 5.41) is 0. The Morgan fingerprint density at radius 1 is 1.00 bits per heavy atom. The Bertz CT molecular complexity index is 517. The maximum Gasteiger partial charge on any atom is 0.125 e. The molecule has 1 atom stereocenters. The number of furan rings is 1. The van der Waals surface area contributed by atoms with Crippen LogP contribution in [0.5, 0.6) is 0 Å². The first-order valence-corrected chi connectivity index (χ1v) is 6.30. The lowest BCUT2D eigenvalue weighted by molar-refractivity contribution is 0.466. The normalized spacial score (nSPS) is 13.6. The highest BCUT2D eigenvalue weighted by Crippen LogP contribution is 2.26. The lowest BCUT2D eigenvalue weighted by Crippen LogP contribution is -2.13. The molecule has 0 fully saturated rings. The van der Waals surface area contributed by atoms with Gasteiger partial charge in [0, 0.05) is 0 Å². The van der Waals surface area contributed by atoms with E-state index in [1.54, 1.807) is 0 Å². The molecular formula is C16H21NO. The van der Waals surface area contributed by atoms with Crippen LogP contribution in [0.1, 0.15) is 49.5 Å². The molecule has 1 aromatic carbocycles. The van der Waals surface area contributed by atoms with Crippen molar-refractivity contribution in [3.63, 3.8) is 0 Å². The summed E-state index contributed by atoms with van der Waals surface area (Å²) < 4.78 is 5.57. The van der Waals surface area contributed by atoms with Crippen LogP contribution in [0.4, 0.5) is 0 Å². The predicted molar refractivity (Wildman–Crippen MR) is 74.6 cm³/mol. The SMILES string of the molecule is Cc1ccc(C(N)c2ccc(C(C)(C)C)cc2)o1. The highest BCUT2D eigenvalue weighted by atomic mass is 16.3. The van der Waals surface area contributed by atoms with E-state index in [1.165, 1.54) is 5.56 Å². The number of aryl methyl sites for hydroxylation is 1. The summed E-state index contributed by atoms with van der Waals surface area (Å²) in [6.07, 6.45) is 0. The Morgan fingerprint density at radius 2 is 1.61 bits per heavy atom. The van der Waals surface area contributed by atoms with Gasteiger partial charge < -0.3 is 10.2 Å².